The lowest BCUT2D eigenvalue weighted by Gasteiger charge is -2.10. The predicted octanol–water partition coefficient (Wildman–Crippen LogP) is 2.10. The molecule has 0 saturated carbocycles. The van der Waals surface area contributed by atoms with Crippen LogP contribution in [0.4, 0.5) is 5.82 Å². The highest BCUT2D eigenvalue weighted by Gasteiger charge is 2.19. The average molecular weight is 339 g/mol. The van der Waals surface area contributed by atoms with E-state index >= 15 is 0 Å². The van der Waals surface area contributed by atoms with E-state index in [0.717, 1.165) is 28.4 Å². The van der Waals surface area contributed by atoms with Crippen LogP contribution in [0.3, 0.4) is 0 Å². The molecule has 0 unspecified atom stereocenters. The fourth-order valence-corrected chi connectivity index (χ4v) is 2.75. The lowest BCUT2D eigenvalue weighted by Crippen LogP contribution is -2.09. The Labute approximate surface area is 144 Å². The van der Waals surface area contributed by atoms with Crippen LogP contribution in [0.25, 0.3) is 0 Å². The molecular formula is C17H17N5O3. The highest BCUT2D eigenvalue weighted by atomic mass is 16.5. The minimum Gasteiger partial charge on any atom is -0.487 e. The van der Waals surface area contributed by atoms with E-state index in [1.807, 2.05) is 18.2 Å². The molecule has 0 bridgehead atoms. The second-order valence-electron chi connectivity index (χ2n) is 5.61. The maximum Gasteiger partial charge on any atom is 0.252 e. The quantitative estimate of drug-likeness (QED) is 0.755. The van der Waals surface area contributed by atoms with Crippen molar-refractivity contribution in [2.24, 2.45) is 0 Å². The fraction of sp³-hybridized carbons (Fsp3) is 0.294. The maximum absolute atomic E-state index is 5.85. The first-order valence-corrected chi connectivity index (χ1v) is 7.91. The number of hydrogen-bond acceptors (Lipinski definition) is 8. The van der Waals surface area contributed by atoms with Gasteiger partial charge in [-0.05, 0) is 11.6 Å². The normalized spacial score (nSPS) is 12.7. The molecule has 1 aromatic carbocycles. The summed E-state index contributed by atoms with van der Waals surface area (Å²) < 4.78 is 15.9. The first-order valence-electron chi connectivity index (χ1n) is 7.91. The van der Waals surface area contributed by atoms with Gasteiger partial charge in [0.05, 0.1) is 12.2 Å². The molecule has 0 fully saturated rings. The number of para-hydroxylation sites is 1. The lowest BCUT2D eigenvalue weighted by molar-refractivity contribution is 0.151. The smallest absolute Gasteiger partial charge is 0.252 e. The van der Waals surface area contributed by atoms with Gasteiger partial charge in [-0.2, -0.15) is 4.98 Å². The summed E-state index contributed by atoms with van der Waals surface area (Å²) in [6.45, 7) is 1.12. The van der Waals surface area contributed by atoms with Crippen LogP contribution in [0.2, 0.25) is 0 Å². The summed E-state index contributed by atoms with van der Waals surface area (Å²) in [5, 5.41) is 7.19. The van der Waals surface area contributed by atoms with Crippen LogP contribution in [0, 0.1) is 0 Å². The number of ether oxygens (including phenoxy) is 2. The van der Waals surface area contributed by atoms with Crippen molar-refractivity contribution in [1.29, 1.82) is 0 Å². The molecule has 0 saturated heterocycles. The standard InChI is InChI=1S/C17H17N5O3/c1-23-9-16-21-15(22-25-16)7-18-17-12-6-11-4-2-3-5-14(11)24-8-13(12)19-10-20-17/h2-5,10H,6-9H2,1H3,(H,18,19,20). The molecule has 3 aromatic rings. The van der Waals surface area contributed by atoms with Gasteiger partial charge in [0.1, 0.15) is 31.1 Å². The van der Waals surface area contributed by atoms with Gasteiger partial charge in [-0.15, -0.1) is 0 Å². The highest BCUT2D eigenvalue weighted by Crippen LogP contribution is 2.30. The molecule has 8 nitrogen and oxygen atoms in total. The first kappa shape index (κ1) is 15.5. The second kappa shape index (κ2) is 6.86. The maximum atomic E-state index is 5.85. The zero-order chi connectivity index (χ0) is 17.1. The molecule has 0 amide bonds. The van der Waals surface area contributed by atoms with Crippen LogP contribution in [0.15, 0.2) is 35.1 Å². The third-order valence-corrected chi connectivity index (χ3v) is 3.93. The summed E-state index contributed by atoms with van der Waals surface area (Å²) in [7, 11) is 1.58. The summed E-state index contributed by atoms with van der Waals surface area (Å²) in [6.07, 6.45) is 2.24. The second-order valence-corrected chi connectivity index (χ2v) is 5.61. The van der Waals surface area contributed by atoms with Crippen molar-refractivity contribution in [1.82, 2.24) is 20.1 Å². The molecule has 4 rings (SSSR count). The summed E-state index contributed by atoms with van der Waals surface area (Å²) in [5.74, 6) is 2.63. The molecule has 8 heteroatoms. The number of aromatic nitrogens is 4. The van der Waals surface area contributed by atoms with E-state index in [0.29, 0.717) is 37.9 Å². The molecule has 0 radical (unpaired) electrons. The Morgan fingerprint density at radius 2 is 2.16 bits per heavy atom. The Kier molecular flexibility index (Phi) is 4.26. The topological polar surface area (TPSA) is 95.2 Å². The number of rotatable bonds is 5. The zero-order valence-corrected chi connectivity index (χ0v) is 13.7. The molecule has 25 heavy (non-hydrogen) atoms. The SMILES string of the molecule is COCc1nc(CNc2ncnc3c2Cc2ccccc2OC3)no1. The fourth-order valence-electron chi connectivity index (χ4n) is 2.75. The van der Waals surface area contributed by atoms with Gasteiger partial charge in [0.25, 0.3) is 5.89 Å². The van der Waals surface area contributed by atoms with Crippen molar-refractivity contribution in [2.75, 3.05) is 12.4 Å². The summed E-state index contributed by atoms with van der Waals surface area (Å²) in [5.41, 5.74) is 3.01. The number of methoxy groups -OCH3 is 1. The third kappa shape index (κ3) is 3.29. The van der Waals surface area contributed by atoms with Gasteiger partial charge in [0.2, 0.25) is 0 Å². The van der Waals surface area contributed by atoms with Gasteiger partial charge in [-0.1, -0.05) is 23.4 Å². The number of fused-ring (bicyclic) bond motifs is 2. The molecule has 2 aromatic heterocycles. The number of anilines is 1. The van der Waals surface area contributed by atoms with Crippen molar-refractivity contribution < 1.29 is 14.0 Å². The first-order chi connectivity index (χ1) is 12.3. The molecule has 0 atom stereocenters. The zero-order valence-electron chi connectivity index (χ0n) is 13.7. The third-order valence-electron chi connectivity index (χ3n) is 3.93. The molecule has 1 aliphatic rings. The van der Waals surface area contributed by atoms with Crippen LogP contribution in [0.1, 0.15) is 28.5 Å². The van der Waals surface area contributed by atoms with E-state index in [4.69, 9.17) is 14.0 Å². The van der Waals surface area contributed by atoms with Crippen LogP contribution in [0.5, 0.6) is 5.75 Å². The van der Waals surface area contributed by atoms with Crippen LogP contribution >= 0.6 is 0 Å². The number of hydrogen-bond donors (Lipinski definition) is 1. The van der Waals surface area contributed by atoms with Gasteiger partial charge in [-0.3, -0.25) is 0 Å². The average Bonchev–Trinajstić information content (AvgIpc) is 2.99. The highest BCUT2D eigenvalue weighted by molar-refractivity contribution is 5.51. The summed E-state index contributed by atoms with van der Waals surface area (Å²) in [4.78, 5) is 13.0. The Morgan fingerprint density at radius 3 is 3.08 bits per heavy atom. The van der Waals surface area contributed by atoms with Crippen molar-refractivity contribution in [3.63, 3.8) is 0 Å². The Bertz CT molecular complexity index is 880. The van der Waals surface area contributed by atoms with Crippen molar-refractivity contribution in [2.45, 2.75) is 26.2 Å². The van der Waals surface area contributed by atoms with Gasteiger partial charge < -0.3 is 19.3 Å². The molecule has 0 spiro atoms. The van der Waals surface area contributed by atoms with E-state index in [-0.39, 0.29) is 0 Å². The van der Waals surface area contributed by atoms with Crippen molar-refractivity contribution in [3.05, 3.63) is 59.1 Å². The Balaban J connectivity index is 1.55. The molecule has 3 heterocycles. The van der Waals surface area contributed by atoms with Gasteiger partial charge in [0, 0.05) is 19.1 Å². The van der Waals surface area contributed by atoms with Crippen molar-refractivity contribution in [3.8, 4) is 5.75 Å². The molecular weight excluding hydrogens is 322 g/mol. The Hall–Kier alpha value is -3.00. The van der Waals surface area contributed by atoms with E-state index < -0.39 is 0 Å². The monoisotopic (exact) mass is 339 g/mol. The summed E-state index contributed by atoms with van der Waals surface area (Å²) in [6, 6.07) is 7.99. The van der Waals surface area contributed by atoms with Gasteiger partial charge >= 0.3 is 0 Å². The van der Waals surface area contributed by atoms with E-state index in [1.165, 1.54) is 6.33 Å². The molecule has 0 aliphatic carbocycles. The molecule has 1 aliphatic heterocycles. The number of nitrogens with zero attached hydrogens (tertiary/aromatic N) is 4. The van der Waals surface area contributed by atoms with Crippen LogP contribution in [-0.4, -0.2) is 27.2 Å². The van der Waals surface area contributed by atoms with Crippen LogP contribution < -0.4 is 10.1 Å². The predicted molar refractivity (Wildman–Crippen MR) is 87.9 cm³/mol. The van der Waals surface area contributed by atoms with E-state index in [9.17, 15) is 0 Å². The minimum absolute atomic E-state index is 0.296. The van der Waals surface area contributed by atoms with Crippen LogP contribution in [-0.2, 0) is 30.9 Å². The number of nitrogens with one attached hydrogen (secondary N) is 1. The largest absolute Gasteiger partial charge is 0.487 e. The van der Waals surface area contributed by atoms with Crippen molar-refractivity contribution >= 4 is 5.82 Å². The Morgan fingerprint density at radius 1 is 1.24 bits per heavy atom. The summed E-state index contributed by atoms with van der Waals surface area (Å²) >= 11 is 0. The van der Waals surface area contributed by atoms with Gasteiger partial charge in [-0.25, -0.2) is 9.97 Å². The van der Waals surface area contributed by atoms with E-state index in [2.05, 4.69) is 31.5 Å². The molecule has 1 N–H and O–H groups in total. The molecule has 128 valence electrons. The van der Waals surface area contributed by atoms with E-state index in [1.54, 1.807) is 7.11 Å². The lowest BCUT2D eigenvalue weighted by atomic mass is 10.0. The minimum atomic E-state index is 0.296. The van der Waals surface area contributed by atoms with Gasteiger partial charge in [0.15, 0.2) is 5.82 Å². The number of benzene rings is 1.